The molecule has 0 atom stereocenters. The molecule has 0 saturated carbocycles. The van der Waals surface area contributed by atoms with E-state index in [0.717, 1.165) is 22.7 Å². The summed E-state index contributed by atoms with van der Waals surface area (Å²) in [6, 6.07) is 11.3. The number of fused-ring (bicyclic) bond motifs is 1. The third kappa shape index (κ3) is 2.74. The summed E-state index contributed by atoms with van der Waals surface area (Å²) in [5.41, 5.74) is 2.55. The quantitative estimate of drug-likeness (QED) is 0.598. The van der Waals surface area contributed by atoms with Crippen molar-refractivity contribution in [2.75, 3.05) is 6.26 Å². The molecule has 0 amide bonds. The Bertz CT molecular complexity index is 1170. The van der Waals surface area contributed by atoms with Gasteiger partial charge in [-0.05, 0) is 34.5 Å². The number of hydrogen-bond donors (Lipinski definition) is 1. The maximum absolute atomic E-state index is 12.2. The van der Waals surface area contributed by atoms with Crippen molar-refractivity contribution in [1.29, 1.82) is 0 Å². The van der Waals surface area contributed by atoms with Crippen LogP contribution in [0.4, 0.5) is 0 Å². The third-order valence-corrected chi connectivity index (χ3v) is 4.77. The van der Waals surface area contributed by atoms with Gasteiger partial charge in [0.05, 0.1) is 11.1 Å². The van der Waals surface area contributed by atoms with Gasteiger partial charge in [-0.3, -0.25) is 4.98 Å². The van der Waals surface area contributed by atoms with Crippen molar-refractivity contribution in [2.24, 2.45) is 0 Å². The van der Waals surface area contributed by atoms with Gasteiger partial charge >= 0.3 is 0 Å². The van der Waals surface area contributed by atoms with E-state index in [0.29, 0.717) is 11.1 Å². The van der Waals surface area contributed by atoms with E-state index < -0.39 is 9.84 Å². The molecule has 0 radical (unpaired) electrons. The number of aromatic amines is 1. The maximum atomic E-state index is 12.2. The van der Waals surface area contributed by atoms with Gasteiger partial charge in [0.25, 0.3) is 0 Å². The highest BCUT2D eigenvalue weighted by Crippen LogP contribution is 2.34. The van der Waals surface area contributed by atoms with Crippen molar-refractivity contribution in [3.63, 3.8) is 0 Å². The van der Waals surface area contributed by atoms with Crippen LogP contribution in [0.25, 0.3) is 33.4 Å². The molecule has 0 aliphatic heterocycles. The van der Waals surface area contributed by atoms with E-state index in [2.05, 4.69) is 30.6 Å². The fourth-order valence-electron chi connectivity index (χ4n) is 2.68. The number of rotatable bonds is 3. The Labute approximate surface area is 142 Å². The Kier molecular flexibility index (Phi) is 3.50. The van der Waals surface area contributed by atoms with E-state index in [4.69, 9.17) is 0 Å². The highest BCUT2D eigenvalue weighted by atomic mass is 32.2. The average Bonchev–Trinajstić information content (AvgIpc) is 3.14. The molecule has 0 aliphatic rings. The minimum atomic E-state index is -3.58. The lowest BCUT2D eigenvalue weighted by Gasteiger charge is -2.11. The molecule has 8 nitrogen and oxygen atoms in total. The minimum Gasteiger partial charge on any atom is -0.256 e. The molecule has 9 heteroatoms. The molecule has 124 valence electrons. The summed E-state index contributed by atoms with van der Waals surface area (Å²) >= 11 is 0. The fourth-order valence-corrected chi connectivity index (χ4v) is 3.51. The van der Waals surface area contributed by atoms with Crippen molar-refractivity contribution in [2.45, 2.75) is 5.03 Å². The van der Waals surface area contributed by atoms with Crippen LogP contribution in [0.5, 0.6) is 0 Å². The molecule has 0 fully saturated rings. The predicted octanol–water partition coefficient (Wildman–Crippen LogP) is 1.88. The Morgan fingerprint density at radius 3 is 2.68 bits per heavy atom. The molecule has 0 saturated heterocycles. The zero-order chi connectivity index (χ0) is 17.4. The van der Waals surface area contributed by atoms with E-state index in [-0.39, 0.29) is 10.9 Å². The van der Waals surface area contributed by atoms with Gasteiger partial charge in [-0.2, -0.15) is 5.21 Å². The Morgan fingerprint density at radius 2 is 1.92 bits per heavy atom. The molecule has 0 unspecified atom stereocenters. The van der Waals surface area contributed by atoms with Gasteiger partial charge in [-0.15, -0.1) is 10.2 Å². The second-order valence-electron chi connectivity index (χ2n) is 5.46. The number of H-pyrrole nitrogens is 1. The predicted molar refractivity (Wildman–Crippen MR) is 91.3 cm³/mol. The van der Waals surface area contributed by atoms with Crippen LogP contribution in [-0.2, 0) is 9.84 Å². The van der Waals surface area contributed by atoms with Crippen molar-refractivity contribution in [3.05, 3.63) is 48.8 Å². The average molecular weight is 352 g/mol. The first-order valence-electron chi connectivity index (χ1n) is 7.32. The summed E-state index contributed by atoms with van der Waals surface area (Å²) in [5.74, 6) is 0.171. The number of nitrogens with one attached hydrogen (secondary N) is 1. The lowest BCUT2D eigenvalue weighted by atomic mass is 10.00. The van der Waals surface area contributed by atoms with Crippen LogP contribution in [0.15, 0.2) is 53.8 Å². The summed E-state index contributed by atoms with van der Waals surface area (Å²) in [5, 5.41) is 14.7. The molecule has 3 heterocycles. The van der Waals surface area contributed by atoms with Crippen LogP contribution in [0.3, 0.4) is 0 Å². The second kappa shape index (κ2) is 5.71. The minimum absolute atomic E-state index is 0.0903. The first-order valence-corrected chi connectivity index (χ1v) is 9.21. The fraction of sp³-hybridized carbons (Fsp3) is 0.0625. The highest BCUT2D eigenvalue weighted by molar-refractivity contribution is 7.90. The van der Waals surface area contributed by atoms with Crippen molar-refractivity contribution in [3.8, 4) is 22.5 Å². The van der Waals surface area contributed by atoms with Gasteiger partial charge in [0.1, 0.15) is 0 Å². The van der Waals surface area contributed by atoms with Crippen LogP contribution < -0.4 is 0 Å². The van der Waals surface area contributed by atoms with Crippen LogP contribution in [-0.4, -0.2) is 45.3 Å². The molecule has 1 N–H and O–H groups in total. The van der Waals surface area contributed by atoms with Crippen LogP contribution in [0.2, 0.25) is 0 Å². The molecule has 0 spiro atoms. The largest absolute Gasteiger partial charge is 0.256 e. The molecule has 3 aromatic heterocycles. The number of pyridine rings is 2. The molecule has 0 aliphatic carbocycles. The van der Waals surface area contributed by atoms with Crippen LogP contribution in [0, 0.1) is 0 Å². The van der Waals surface area contributed by atoms with Gasteiger partial charge < -0.3 is 0 Å². The number of aromatic nitrogens is 6. The molecule has 1 aromatic carbocycles. The Balaban J connectivity index is 2.04. The maximum Gasteiger partial charge on any atom is 0.208 e. The topological polar surface area (TPSA) is 114 Å². The lowest BCUT2D eigenvalue weighted by molar-refractivity contribution is 0.598. The van der Waals surface area contributed by atoms with Gasteiger partial charge in [-0.1, -0.05) is 18.2 Å². The summed E-state index contributed by atoms with van der Waals surface area (Å²) in [6.07, 6.45) is 4.27. The molecular formula is C16H12N6O2S. The Hall–Kier alpha value is -3.20. The number of sulfone groups is 1. The van der Waals surface area contributed by atoms with Gasteiger partial charge in [0, 0.05) is 24.0 Å². The molecule has 25 heavy (non-hydrogen) atoms. The zero-order valence-electron chi connectivity index (χ0n) is 13.1. The standard InChI is InChI=1S/C16H12N6O2S/c1-25(23,24)16-14(15-19-21-22-20-15)12(6-8-18-16)11-5-4-10-3-2-7-17-13(10)9-11/h2-9H,1H3,(H,19,20,21,22). The normalized spacial score (nSPS) is 11.7. The molecule has 4 aromatic rings. The molecule has 0 bridgehead atoms. The van der Waals surface area contributed by atoms with Crippen molar-refractivity contribution < 1.29 is 8.42 Å². The summed E-state index contributed by atoms with van der Waals surface area (Å²) in [7, 11) is -3.58. The third-order valence-electron chi connectivity index (χ3n) is 3.75. The first kappa shape index (κ1) is 15.3. The monoisotopic (exact) mass is 352 g/mol. The lowest BCUT2D eigenvalue weighted by Crippen LogP contribution is -2.05. The number of benzene rings is 1. The smallest absolute Gasteiger partial charge is 0.208 e. The van der Waals surface area contributed by atoms with Crippen molar-refractivity contribution >= 4 is 20.7 Å². The van der Waals surface area contributed by atoms with E-state index in [9.17, 15) is 8.42 Å². The molecular weight excluding hydrogens is 340 g/mol. The number of tetrazole rings is 1. The van der Waals surface area contributed by atoms with Gasteiger partial charge in [0.2, 0.25) is 5.82 Å². The Morgan fingerprint density at radius 1 is 1.04 bits per heavy atom. The number of hydrogen-bond acceptors (Lipinski definition) is 7. The number of nitrogens with zero attached hydrogens (tertiary/aromatic N) is 5. The second-order valence-corrected chi connectivity index (χ2v) is 7.39. The summed E-state index contributed by atoms with van der Waals surface area (Å²) < 4.78 is 24.4. The van der Waals surface area contributed by atoms with Gasteiger partial charge in [0.15, 0.2) is 14.9 Å². The highest BCUT2D eigenvalue weighted by Gasteiger charge is 2.23. The van der Waals surface area contributed by atoms with E-state index in [1.807, 2.05) is 30.3 Å². The zero-order valence-corrected chi connectivity index (χ0v) is 13.9. The van der Waals surface area contributed by atoms with Crippen LogP contribution in [0.1, 0.15) is 0 Å². The van der Waals surface area contributed by atoms with Crippen molar-refractivity contribution in [1.82, 2.24) is 30.6 Å². The summed E-state index contributed by atoms with van der Waals surface area (Å²) in [4.78, 5) is 8.38. The van der Waals surface area contributed by atoms with E-state index >= 15 is 0 Å². The summed E-state index contributed by atoms with van der Waals surface area (Å²) in [6.45, 7) is 0. The van der Waals surface area contributed by atoms with Crippen LogP contribution >= 0.6 is 0 Å². The molecule has 4 rings (SSSR count). The van der Waals surface area contributed by atoms with Gasteiger partial charge in [-0.25, -0.2) is 13.4 Å². The van der Waals surface area contributed by atoms with E-state index in [1.165, 1.54) is 6.20 Å². The first-order chi connectivity index (χ1) is 12.0. The SMILES string of the molecule is CS(=O)(=O)c1nccc(-c2ccc3cccnc3c2)c1-c1nn[nH]n1. The van der Waals surface area contributed by atoms with E-state index in [1.54, 1.807) is 12.3 Å².